The molecule has 0 atom stereocenters. The van der Waals surface area contributed by atoms with Crippen LogP contribution in [-0.4, -0.2) is 29.5 Å². The molecule has 0 amide bonds. The van der Waals surface area contributed by atoms with Gasteiger partial charge in [0, 0.05) is 23.3 Å². The Kier molecular flexibility index (Phi) is 4.00. The van der Waals surface area contributed by atoms with Crippen LogP contribution in [0.4, 0.5) is 0 Å². The second kappa shape index (κ2) is 5.71. The number of benzene rings is 2. The molecule has 0 saturated carbocycles. The fourth-order valence-corrected chi connectivity index (χ4v) is 2.02. The summed E-state index contributed by atoms with van der Waals surface area (Å²) >= 11 is 0. The van der Waals surface area contributed by atoms with E-state index in [1.807, 2.05) is 0 Å². The number of ether oxygens (including phenoxy) is 2. The number of hydrogen-bond donors (Lipinski definition) is 3. The zero-order valence-corrected chi connectivity index (χ0v) is 11.2. The van der Waals surface area contributed by atoms with E-state index in [2.05, 4.69) is 0 Å². The molecule has 0 saturated heterocycles. The molecule has 0 unspecified atom stereocenters. The van der Waals surface area contributed by atoms with Gasteiger partial charge >= 0.3 is 0 Å². The molecule has 2 aromatic carbocycles. The van der Waals surface area contributed by atoms with E-state index in [0.29, 0.717) is 22.6 Å². The van der Waals surface area contributed by atoms with E-state index in [1.54, 1.807) is 12.1 Å². The minimum atomic E-state index is -0.999. The standard InChI is InChI=1S/C15H16O5/c1-19-13-7-9(16)3-5-11(13)15(18)12-6-4-10(17)8-14(12)20-2/h3-8,15-18H,1-2H3. The molecule has 0 aromatic heterocycles. The van der Waals surface area contributed by atoms with E-state index in [1.165, 1.54) is 38.5 Å². The molecule has 106 valence electrons. The number of phenolic OH excluding ortho intramolecular Hbond substituents is 2. The van der Waals surface area contributed by atoms with Crippen molar-refractivity contribution in [2.24, 2.45) is 0 Å². The van der Waals surface area contributed by atoms with E-state index in [4.69, 9.17) is 9.47 Å². The lowest BCUT2D eigenvalue weighted by atomic mass is 9.99. The van der Waals surface area contributed by atoms with Crippen molar-refractivity contribution in [3.63, 3.8) is 0 Å². The smallest absolute Gasteiger partial charge is 0.128 e. The normalized spacial score (nSPS) is 10.6. The van der Waals surface area contributed by atoms with Gasteiger partial charge in [0.05, 0.1) is 14.2 Å². The van der Waals surface area contributed by atoms with Crippen molar-refractivity contribution in [3.8, 4) is 23.0 Å². The van der Waals surface area contributed by atoms with Crippen molar-refractivity contribution in [3.05, 3.63) is 47.5 Å². The van der Waals surface area contributed by atoms with Crippen LogP contribution in [0.3, 0.4) is 0 Å². The third kappa shape index (κ3) is 2.62. The lowest BCUT2D eigenvalue weighted by Gasteiger charge is -2.18. The SMILES string of the molecule is COc1cc(O)ccc1C(O)c1ccc(O)cc1OC. The van der Waals surface area contributed by atoms with Gasteiger partial charge in [-0.05, 0) is 24.3 Å². The summed E-state index contributed by atoms with van der Waals surface area (Å²) in [6.45, 7) is 0. The number of methoxy groups -OCH3 is 2. The first-order valence-corrected chi connectivity index (χ1v) is 5.98. The van der Waals surface area contributed by atoms with Crippen LogP contribution in [0.5, 0.6) is 23.0 Å². The van der Waals surface area contributed by atoms with Gasteiger partial charge in [0.25, 0.3) is 0 Å². The molecule has 2 aromatic rings. The number of aliphatic hydroxyl groups is 1. The van der Waals surface area contributed by atoms with Gasteiger partial charge < -0.3 is 24.8 Å². The Morgan fingerprint density at radius 3 is 1.55 bits per heavy atom. The lowest BCUT2D eigenvalue weighted by molar-refractivity contribution is 0.209. The third-order valence-electron chi connectivity index (χ3n) is 3.02. The summed E-state index contributed by atoms with van der Waals surface area (Å²) in [5.41, 5.74) is 0.989. The summed E-state index contributed by atoms with van der Waals surface area (Å²) in [6.07, 6.45) is -0.999. The van der Waals surface area contributed by atoms with Crippen molar-refractivity contribution < 1.29 is 24.8 Å². The van der Waals surface area contributed by atoms with Crippen LogP contribution in [-0.2, 0) is 0 Å². The summed E-state index contributed by atoms with van der Waals surface area (Å²) in [6, 6.07) is 8.93. The molecule has 0 heterocycles. The molecule has 20 heavy (non-hydrogen) atoms. The zero-order chi connectivity index (χ0) is 14.7. The van der Waals surface area contributed by atoms with Gasteiger partial charge in [-0.2, -0.15) is 0 Å². The van der Waals surface area contributed by atoms with Crippen molar-refractivity contribution in [2.45, 2.75) is 6.10 Å². The molecular weight excluding hydrogens is 260 g/mol. The minimum absolute atomic E-state index is 0.0514. The molecule has 3 N–H and O–H groups in total. The highest BCUT2D eigenvalue weighted by molar-refractivity contribution is 5.49. The average molecular weight is 276 g/mol. The average Bonchev–Trinajstić information content (AvgIpc) is 2.46. The van der Waals surface area contributed by atoms with Crippen LogP contribution < -0.4 is 9.47 Å². The van der Waals surface area contributed by atoms with Crippen molar-refractivity contribution in [1.82, 2.24) is 0 Å². The monoisotopic (exact) mass is 276 g/mol. The molecule has 0 bridgehead atoms. The van der Waals surface area contributed by atoms with Crippen LogP contribution in [0.15, 0.2) is 36.4 Å². The first-order chi connectivity index (χ1) is 9.56. The number of aromatic hydroxyl groups is 2. The van der Waals surface area contributed by atoms with Crippen molar-refractivity contribution in [2.75, 3.05) is 14.2 Å². The van der Waals surface area contributed by atoms with Gasteiger partial charge in [-0.1, -0.05) is 0 Å². The highest BCUT2D eigenvalue weighted by atomic mass is 16.5. The summed E-state index contributed by atoms with van der Waals surface area (Å²) in [4.78, 5) is 0. The Balaban J connectivity index is 2.48. The molecule has 0 spiro atoms. The number of rotatable bonds is 4. The van der Waals surface area contributed by atoms with Gasteiger partial charge in [-0.3, -0.25) is 0 Å². The highest BCUT2D eigenvalue weighted by Crippen LogP contribution is 2.37. The van der Waals surface area contributed by atoms with E-state index < -0.39 is 6.10 Å². The van der Waals surface area contributed by atoms with E-state index in [0.717, 1.165) is 0 Å². The van der Waals surface area contributed by atoms with Gasteiger partial charge in [-0.25, -0.2) is 0 Å². The van der Waals surface area contributed by atoms with E-state index in [9.17, 15) is 15.3 Å². The second-order valence-electron chi connectivity index (χ2n) is 4.26. The van der Waals surface area contributed by atoms with E-state index in [-0.39, 0.29) is 11.5 Å². The molecule has 0 fully saturated rings. The largest absolute Gasteiger partial charge is 0.508 e. The number of phenols is 2. The second-order valence-corrected chi connectivity index (χ2v) is 4.26. The molecule has 0 aliphatic rings. The van der Waals surface area contributed by atoms with Crippen LogP contribution >= 0.6 is 0 Å². The molecular formula is C15H16O5. The van der Waals surface area contributed by atoms with Crippen LogP contribution in [0, 0.1) is 0 Å². The fraction of sp³-hybridized carbons (Fsp3) is 0.200. The first-order valence-electron chi connectivity index (χ1n) is 5.98. The lowest BCUT2D eigenvalue weighted by Crippen LogP contribution is -2.04. The molecule has 5 nitrogen and oxygen atoms in total. The Morgan fingerprint density at radius 2 is 1.20 bits per heavy atom. The maximum atomic E-state index is 10.5. The summed E-state index contributed by atoms with van der Waals surface area (Å²) in [7, 11) is 2.91. The predicted octanol–water partition coefficient (Wildman–Crippen LogP) is 2.20. The Morgan fingerprint density at radius 1 is 0.800 bits per heavy atom. The fourth-order valence-electron chi connectivity index (χ4n) is 2.02. The highest BCUT2D eigenvalue weighted by Gasteiger charge is 2.19. The van der Waals surface area contributed by atoms with Crippen molar-refractivity contribution in [1.29, 1.82) is 0 Å². The number of aliphatic hydroxyl groups excluding tert-OH is 1. The van der Waals surface area contributed by atoms with Crippen LogP contribution in [0.25, 0.3) is 0 Å². The molecule has 0 aliphatic carbocycles. The van der Waals surface area contributed by atoms with Gasteiger partial charge in [0.1, 0.15) is 29.1 Å². The van der Waals surface area contributed by atoms with Gasteiger partial charge in [0.15, 0.2) is 0 Å². The Labute approximate surface area is 116 Å². The van der Waals surface area contributed by atoms with Gasteiger partial charge in [-0.15, -0.1) is 0 Å². The van der Waals surface area contributed by atoms with Crippen molar-refractivity contribution >= 4 is 0 Å². The molecule has 5 heteroatoms. The molecule has 0 aliphatic heterocycles. The first kappa shape index (κ1) is 14.0. The number of hydrogen-bond acceptors (Lipinski definition) is 5. The Bertz CT molecular complexity index is 556. The van der Waals surface area contributed by atoms with Crippen LogP contribution in [0.2, 0.25) is 0 Å². The van der Waals surface area contributed by atoms with Gasteiger partial charge in [0.2, 0.25) is 0 Å². The maximum Gasteiger partial charge on any atom is 0.128 e. The summed E-state index contributed by atoms with van der Waals surface area (Å²) < 4.78 is 10.3. The quantitative estimate of drug-likeness (QED) is 0.797. The third-order valence-corrected chi connectivity index (χ3v) is 3.02. The minimum Gasteiger partial charge on any atom is -0.508 e. The maximum absolute atomic E-state index is 10.5. The topological polar surface area (TPSA) is 79.2 Å². The van der Waals surface area contributed by atoms with Crippen LogP contribution in [0.1, 0.15) is 17.2 Å². The predicted molar refractivity (Wildman–Crippen MR) is 73.4 cm³/mol. The van der Waals surface area contributed by atoms with E-state index >= 15 is 0 Å². The molecule has 2 rings (SSSR count). The zero-order valence-electron chi connectivity index (χ0n) is 11.2. The Hall–Kier alpha value is -2.40. The summed E-state index contributed by atoms with van der Waals surface area (Å²) in [5.74, 6) is 0.839. The summed E-state index contributed by atoms with van der Waals surface area (Å²) in [5, 5.41) is 29.4. The molecule has 0 radical (unpaired) electrons.